The molecular weight excluding hydrogens is 462 g/mol. The average molecular weight is 497 g/mol. The maximum Gasteiger partial charge on any atom is 0.586 e. The van der Waals surface area contributed by atoms with Crippen LogP contribution in [0, 0.1) is 0 Å². The fraction of sp³-hybridized carbons (Fsp3) is 0.483. The van der Waals surface area contributed by atoms with Crippen molar-refractivity contribution < 1.29 is 23.0 Å². The zero-order chi connectivity index (χ0) is 25.1. The van der Waals surface area contributed by atoms with Crippen LogP contribution in [-0.2, 0) is 0 Å². The number of amides is 1. The van der Waals surface area contributed by atoms with Gasteiger partial charge in [0.25, 0.3) is 5.91 Å². The second-order valence-corrected chi connectivity index (χ2v) is 10.2. The van der Waals surface area contributed by atoms with Crippen molar-refractivity contribution in [3.63, 3.8) is 0 Å². The average Bonchev–Trinajstić information content (AvgIpc) is 3.46. The Morgan fingerprint density at radius 2 is 1.78 bits per heavy atom. The zero-order valence-electron chi connectivity index (χ0n) is 20.8. The van der Waals surface area contributed by atoms with E-state index in [1.165, 1.54) is 44.2 Å². The molecule has 1 unspecified atom stereocenters. The lowest BCUT2D eigenvalue weighted by molar-refractivity contribution is -0.286. The Morgan fingerprint density at radius 1 is 1.03 bits per heavy atom. The summed E-state index contributed by atoms with van der Waals surface area (Å²) in [7, 11) is 0. The smallest absolute Gasteiger partial charge is 0.395 e. The maximum atomic E-state index is 13.8. The van der Waals surface area contributed by atoms with Gasteiger partial charge in [-0.05, 0) is 62.9 Å². The molecule has 1 saturated heterocycles. The quantitative estimate of drug-likeness (QED) is 0.448. The van der Waals surface area contributed by atoms with Crippen LogP contribution in [0.3, 0.4) is 0 Å². The van der Waals surface area contributed by atoms with Gasteiger partial charge in [0.05, 0.1) is 0 Å². The van der Waals surface area contributed by atoms with Gasteiger partial charge in [-0.15, -0.1) is 8.78 Å². The third-order valence-corrected chi connectivity index (χ3v) is 7.49. The molecule has 36 heavy (non-hydrogen) atoms. The first-order valence-corrected chi connectivity index (χ1v) is 13.0. The lowest BCUT2D eigenvalue weighted by atomic mass is 9.93. The molecule has 0 spiro atoms. The number of rotatable bonds is 7. The van der Waals surface area contributed by atoms with Crippen molar-refractivity contribution >= 4 is 12.0 Å². The standard InChI is InChI=1S/C29H34F2N2O3/c1-21(17-22-9-4-2-5-10-22)19-32(20-25-13-8-16-33(25)24-11-6-3-7-12-24)28(34)23-14-15-26-27(18-23)36-29(30,31)35-26/h2,4-5,9-10,14-15,17-18,24-25H,3,6-8,11-13,16,19-20H2,1H3/b21-17+. The summed E-state index contributed by atoms with van der Waals surface area (Å²) in [6.07, 6.45) is 6.91. The molecule has 7 heteroatoms. The molecule has 1 amide bonds. The molecule has 1 aliphatic carbocycles. The van der Waals surface area contributed by atoms with Crippen LogP contribution in [0.2, 0.25) is 0 Å². The minimum Gasteiger partial charge on any atom is -0.395 e. The van der Waals surface area contributed by atoms with Gasteiger partial charge >= 0.3 is 6.29 Å². The summed E-state index contributed by atoms with van der Waals surface area (Å²) in [6.45, 7) is 4.18. The molecule has 0 aromatic heterocycles. The fourth-order valence-corrected chi connectivity index (χ4v) is 5.87. The number of benzene rings is 2. The summed E-state index contributed by atoms with van der Waals surface area (Å²) in [5, 5.41) is 0. The molecule has 1 atom stereocenters. The van der Waals surface area contributed by atoms with E-state index >= 15 is 0 Å². The number of carbonyl (C=O) groups is 1. The first-order chi connectivity index (χ1) is 17.4. The number of ether oxygens (including phenoxy) is 2. The van der Waals surface area contributed by atoms with Crippen LogP contribution in [-0.4, -0.2) is 53.7 Å². The van der Waals surface area contributed by atoms with Crippen molar-refractivity contribution in [3.05, 3.63) is 65.2 Å². The molecular formula is C29H34F2N2O3. The Kier molecular flexibility index (Phi) is 7.28. The summed E-state index contributed by atoms with van der Waals surface area (Å²) in [6, 6.07) is 15.2. The third-order valence-electron chi connectivity index (χ3n) is 7.49. The molecule has 5 rings (SSSR count). The van der Waals surface area contributed by atoms with E-state index < -0.39 is 6.29 Å². The minimum absolute atomic E-state index is 0.0532. The number of likely N-dealkylation sites (tertiary alicyclic amines) is 1. The first kappa shape index (κ1) is 24.8. The summed E-state index contributed by atoms with van der Waals surface area (Å²) in [5.74, 6) is -0.345. The van der Waals surface area contributed by atoms with Crippen molar-refractivity contribution in [2.24, 2.45) is 0 Å². The number of hydrogen-bond acceptors (Lipinski definition) is 4. The highest BCUT2D eigenvalue weighted by molar-refractivity contribution is 5.95. The van der Waals surface area contributed by atoms with Crippen molar-refractivity contribution in [3.8, 4) is 11.5 Å². The number of fused-ring (bicyclic) bond motifs is 1. The fourth-order valence-electron chi connectivity index (χ4n) is 5.87. The highest BCUT2D eigenvalue weighted by atomic mass is 19.3. The van der Waals surface area contributed by atoms with Gasteiger partial charge in [0.1, 0.15) is 0 Å². The van der Waals surface area contributed by atoms with E-state index in [1.807, 2.05) is 42.2 Å². The molecule has 2 aliphatic heterocycles. The minimum atomic E-state index is -3.71. The number of nitrogens with zero attached hydrogens (tertiary/aromatic N) is 2. The zero-order valence-corrected chi connectivity index (χ0v) is 20.8. The van der Waals surface area contributed by atoms with E-state index in [0.717, 1.165) is 30.5 Å². The van der Waals surface area contributed by atoms with Gasteiger partial charge in [-0.1, -0.05) is 61.2 Å². The third kappa shape index (κ3) is 5.72. The van der Waals surface area contributed by atoms with Gasteiger partial charge in [0.15, 0.2) is 11.5 Å². The van der Waals surface area contributed by atoms with Crippen molar-refractivity contribution in [2.45, 2.75) is 70.2 Å². The van der Waals surface area contributed by atoms with Crippen molar-refractivity contribution in [2.75, 3.05) is 19.6 Å². The Bertz CT molecular complexity index is 1100. The van der Waals surface area contributed by atoms with Crippen LogP contribution in [0.4, 0.5) is 8.78 Å². The second kappa shape index (κ2) is 10.6. The van der Waals surface area contributed by atoms with Crippen LogP contribution in [0.15, 0.2) is 54.1 Å². The Morgan fingerprint density at radius 3 is 2.56 bits per heavy atom. The molecule has 5 nitrogen and oxygen atoms in total. The lowest BCUT2D eigenvalue weighted by Crippen LogP contribution is -2.47. The largest absolute Gasteiger partial charge is 0.586 e. The predicted octanol–water partition coefficient (Wildman–Crippen LogP) is 6.35. The molecule has 2 aromatic carbocycles. The van der Waals surface area contributed by atoms with E-state index in [4.69, 9.17) is 0 Å². The first-order valence-electron chi connectivity index (χ1n) is 13.0. The van der Waals surface area contributed by atoms with E-state index in [2.05, 4.69) is 20.4 Å². The van der Waals surface area contributed by atoms with E-state index in [-0.39, 0.29) is 17.4 Å². The highest BCUT2D eigenvalue weighted by Gasteiger charge is 2.43. The topological polar surface area (TPSA) is 42.0 Å². The van der Waals surface area contributed by atoms with Crippen molar-refractivity contribution in [1.29, 1.82) is 0 Å². The van der Waals surface area contributed by atoms with Gasteiger partial charge in [-0.25, -0.2) is 0 Å². The number of halogens is 2. The SMILES string of the molecule is C/C(=C\c1ccccc1)CN(CC1CCCN1C1CCCCC1)C(=O)c1ccc2c(c1)OC(F)(F)O2. The molecule has 0 N–H and O–H groups in total. The van der Waals surface area contributed by atoms with E-state index in [0.29, 0.717) is 30.7 Å². The summed E-state index contributed by atoms with van der Waals surface area (Å²) in [5.41, 5.74) is 2.46. The number of alkyl halides is 2. The normalized spacial score (nSPS) is 22.1. The molecule has 192 valence electrons. The monoisotopic (exact) mass is 496 g/mol. The van der Waals surface area contributed by atoms with Crippen LogP contribution >= 0.6 is 0 Å². The second-order valence-electron chi connectivity index (χ2n) is 10.2. The Hall–Kier alpha value is -2.93. The van der Waals surface area contributed by atoms with Gasteiger partial charge in [-0.2, -0.15) is 0 Å². The molecule has 1 saturated carbocycles. The molecule has 0 radical (unpaired) electrons. The summed E-state index contributed by atoms with van der Waals surface area (Å²) in [4.78, 5) is 18.3. The highest BCUT2D eigenvalue weighted by Crippen LogP contribution is 2.41. The van der Waals surface area contributed by atoms with Crippen LogP contribution in [0.1, 0.15) is 67.8 Å². The van der Waals surface area contributed by atoms with Crippen LogP contribution < -0.4 is 9.47 Å². The number of carbonyl (C=O) groups excluding carboxylic acids is 1. The van der Waals surface area contributed by atoms with Crippen LogP contribution in [0.25, 0.3) is 6.08 Å². The maximum absolute atomic E-state index is 13.8. The Balaban J connectivity index is 1.38. The van der Waals surface area contributed by atoms with Gasteiger partial charge < -0.3 is 14.4 Å². The summed E-state index contributed by atoms with van der Waals surface area (Å²) < 4.78 is 36.2. The van der Waals surface area contributed by atoms with Gasteiger partial charge in [-0.3, -0.25) is 9.69 Å². The van der Waals surface area contributed by atoms with Crippen molar-refractivity contribution in [1.82, 2.24) is 9.80 Å². The molecule has 2 aromatic rings. The molecule has 0 bridgehead atoms. The lowest BCUT2D eigenvalue weighted by Gasteiger charge is -2.38. The van der Waals surface area contributed by atoms with E-state index in [1.54, 1.807) is 6.07 Å². The number of hydrogen-bond donors (Lipinski definition) is 0. The molecule has 2 heterocycles. The van der Waals surface area contributed by atoms with Gasteiger partial charge in [0, 0.05) is 30.7 Å². The summed E-state index contributed by atoms with van der Waals surface area (Å²) >= 11 is 0. The van der Waals surface area contributed by atoms with Crippen LogP contribution in [0.5, 0.6) is 11.5 Å². The predicted molar refractivity (Wildman–Crippen MR) is 135 cm³/mol. The molecule has 3 aliphatic rings. The van der Waals surface area contributed by atoms with Gasteiger partial charge in [0.2, 0.25) is 0 Å². The van der Waals surface area contributed by atoms with E-state index in [9.17, 15) is 13.6 Å². The Labute approximate surface area is 211 Å². The molecule has 2 fully saturated rings.